The van der Waals surface area contributed by atoms with Gasteiger partial charge in [-0.2, -0.15) is 0 Å². The number of esters is 12. The Morgan fingerprint density at radius 2 is 0.750 bits per heavy atom. The molecule has 8 saturated carbocycles. The summed E-state index contributed by atoms with van der Waals surface area (Å²) in [5.74, 6) is 0.873. The number of ether oxygens (including phenoxy) is 14. The van der Waals surface area contributed by atoms with Crippen molar-refractivity contribution >= 4 is 71.6 Å². The second-order valence-electron chi connectivity index (χ2n) is 36.7. The van der Waals surface area contributed by atoms with Crippen molar-refractivity contribution in [1.82, 2.24) is 0 Å². The molecule has 8 aliphatic carbocycles. The lowest BCUT2D eigenvalue weighted by atomic mass is 9.73. The molecule has 0 amide bonds. The number of hydrogen-bond donors (Lipinski definition) is 0. The first-order valence-electron chi connectivity index (χ1n) is 40.7. The van der Waals surface area contributed by atoms with Gasteiger partial charge in [0.15, 0.2) is 24.4 Å². The van der Waals surface area contributed by atoms with Gasteiger partial charge in [-0.25, -0.2) is 0 Å². The van der Waals surface area contributed by atoms with E-state index in [1.54, 1.807) is 0 Å². The van der Waals surface area contributed by atoms with Crippen LogP contribution in [0.15, 0.2) is 0 Å². The maximum atomic E-state index is 12.3. The smallest absolute Gasteiger partial charge is 0.316 e. The van der Waals surface area contributed by atoms with E-state index in [0.29, 0.717) is 79.8 Å². The molecule has 0 aromatic carbocycles. The fraction of sp³-hybridized carbons (Fsp3) is 0.872. The van der Waals surface area contributed by atoms with Crippen LogP contribution in [0.5, 0.6) is 0 Å². The van der Waals surface area contributed by atoms with Crippen molar-refractivity contribution in [3.63, 3.8) is 0 Å². The summed E-state index contributed by atoms with van der Waals surface area (Å²) in [6.07, 6.45) is 10.6. The number of fused-ring (bicyclic) bond motifs is 14. The lowest BCUT2D eigenvalue weighted by Gasteiger charge is -2.34. The van der Waals surface area contributed by atoms with E-state index in [2.05, 4.69) is 0 Å². The molecule has 0 N–H and O–H groups in total. The lowest BCUT2D eigenvalue weighted by Crippen LogP contribution is -2.45. The summed E-state index contributed by atoms with van der Waals surface area (Å²) in [5.41, 5.74) is -2.01. The van der Waals surface area contributed by atoms with Gasteiger partial charge in [-0.3, -0.25) is 57.5 Å². The van der Waals surface area contributed by atoms with E-state index in [1.807, 2.05) is 111 Å². The zero-order valence-electron chi connectivity index (χ0n) is 65.8. The van der Waals surface area contributed by atoms with Gasteiger partial charge < -0.3 is 66.3 Å². The van der Waals surface area contributed by atoms with Crippen molar-refractivity contribution in [3.8, 4) is 0 Å². The second kappa shape index (κ2) is 42.5. The van der Waals surface area contributed by atoms with Crippen molar-refractivity contribution < 1.29 is 124 Å². The van der Waals surface area contributed by atoms with E-state index >= 15 is 0 Å². The first-order chi connectivity index (χ1) is 51.0. The summed E-state index contributed by atoms with van der Waals surface area (Å²) >= 11 is 0. The molecule has 18 aliphatic rings. The fourth-order valence-corrected chi connectivity index (χ4v) is 20.8. The molecule has 33 atom stereocenters. The van der Waals surface area contributed by atoms with E-state index in [-0.39, 0.29) is 287 Å². The normalized spacial score (nSPS) is 38.1. The molecular formula is C94H164O26. The lowest BCUT2D eigenvalue weighted by molar-refractivity contribution is -0.172. The highest BCUT2D eigenvalue weighted by Gasteiger charge is 2.72. The van der Waals surface area contributed by atoms with E-state index in [1.165, 1.54) is 0 Å². The van der Waals surface area contributed by atoms with Crippen LogP contribution >= 0.6 is 0 Å². The molecule has 10 heterocycles. The van der Waals surface area contributed by atoms with E-state index in [0.717, 1.165) is 83.5 Å². The largest absolute Gasteiger partial charge is 0.465 e. The van der Waals surface area contributed by atoms with Gasteiger partial charge in [0.2, 0.25) is 0 Å². The Morgan fingerprint density at radius 3 is 1.18 bits per heavy atom. The van der Waals surface area contributed by atoms with Crippen LogP contribution in [0.4, 0.5) is 0 Å². The zero-order valence-corrected chi connectivity index (χ0v) is 65.8. The molecule has 18 fully saturated rings. The highest BCUT2D eigenvalue weighted by molar-refractivity contribution is 5.84. The highest BCUT2D eigenvalue weighted by Crippen LogP contribution is 2.64. The number of carbonyl (C=O) groups excluding carboxylic acids is 12. The molecular weight excluding hydrogens is 1550 g/mol. The molecule has 18 rings (SSSR count). The van der Waals surface area contributed by atoms with Crippen molar-refractivity contribution in [3.05, 3.63) is 0 Å². The minimum absolute atomic E-state index is 0. The second-order valence-corrected chi connectivity index (χ2v) is 36.7. The Balaban J connectivity index is 0.000000706. The van der Waals surface area contributed by atoms with Gasteiger partial charge in [0, 0.05) is 47.3 Å². The van der Waals surface area contributed by atoms with Gasteiger partial charge >= 0.3 is 71.6 Å². The van der Waals surface area contributed by atoms with Crippen LogP contribution in [0.1, 0.15) is 303 Å². The third-order valence-electron chi connectivity index (χ3n) is 29.5. The molecule has 26 nitrogen and oxygen atoms in total. The zero-order chi connectivity index (χ0) is 78.0. The summed E-state index contributed by atoms with van der Waals surface area (Å²) in [7, 11) is 0. The maximum Gasteiger partial charge on any atom is 0.316 e. The van der Waals surface area contributed by atoms with Gasteiger partial charge in [-0.05, 0) is 163 Å². The molecule has 10 aliphatic heterocycles. The summed E-state index contributed by atoms with van der Waals surface area (Å²) in [6.45, 7) is 31.7. The molecule has 0 spiro atoms. The molecule has 696 valence electrons. The van der Waals surface area contributed by atoms with Gasteiger partial charge in [0.25, 0.3) is 0 Å². The number of hydrogen-bond acceptors (Lipinski definition) is 26. The standard InChI is InChI=1S/2C15H22O4.C14H20O4.C13H18O5.C13H18O4.C12H16O5.12CH4/c1-5-14(2,3)12(16)19-11-8-6-9-10(7-8)18-13(17)15(9,11)4;1-4-15(2,3)14(17)19-11-6-8-5-9(11)10-7-18-13(16)12(8)10;1-3-7(2)13(15)18-11-5-8-4-9(11)10-6-17-14(16)12(8)10;1-4-13(2,3)12(15)18-9-7-5-6-8(16-7)10(9)17-11(6)14;1-3-6(2)12(14)17-11-7-4-8-9(5-7)16-13(15)10(8)11;1-3-5(2)11(13)16-9-7-4-6-8(15-7)10(9)17-12(6)14;;;;;;;;;;;;/h8-11H,5-7H2,1-4H3;8-12H,4-7H2,1-3H3;7-12H,3-6H2,1-2H3;6-10H,4-5H2,1-3H3;6-11H,3-5H2,1-2H3;5-10H,3-4H2,1-2H3;12*1H4. The Bertz CT molecular complexity index is 3520. The first kappa shape index (κ1) is 112. The van der Waals surface area contributed by atoms with Crippen molar-refractivity contribution in [2.75, 3.05) is 13.2 Å². The number of rotatable bonds is 18. The van der Waals surface area contributed by atoms with Gasteiger partial charge in [0.1, 0.15) is 60.2 Å². The SMILES string of the molecule is C.C.C.C.C.C.C.C.C.C.C.C.CCC(C)(C)C(=O)OC1C2CC3C(=O)OC1C3O2.CCC(C)(C)C(=O)OC1C2CC3OC(=O)C1(C)C3C2.CCC(C)(C)C(=O)OC1CC2CC1C1COC(=O)C21.CCC(C)C(=O)OC1C2CC3C(=O)OC1C3O2.CCC(C)C(=O)OC1C2CC3OC(=O)C1C3C2.CCC(C)C(=O)OC1CC2CC1C1COC(=O)C21. The van der Waals surface area contributed by atoms with Crippen LogP contribution in [0.3, 0.4) is 0 Å². The molecule has 0 aromatic rings. The molecule has 12 bridgehead atoms. The van der Waals surface area contributed by atoms with Crippen molar-refractivity contribution in [1.29, 1.82) is 0 Å². The average Bonchev–Trinajstić information content (AvgIpc) is 1.53. The fourth-order valence-electron chi connectivity index (χ4n) is 20.8. The van der Waals surface area contributed by atoms with E-state index in [4.69, 9.17) is 66.3 Å². The van der Waals surface area contributed by atoms with Gasteiger partial charge in [0.05, 0.1) is 83.1 Å². The molecule has 33 unspecified atom stereocenters. The van der Waals surface area contributed by atoms with Crippen LogP contribution in [0.2, 0.25) is 0 Å². The maximum absolute atomic E-state index is 12.3. The minimum atomic E-state index is -0.604. The topological polar surface area (TPSA) is 334 Å². The van der Waals surface area contributed by atoms with Crippen LogP contribution in [0.25, 0.3) is 0 Å². The summed E-state index contributed by atoms with van der Waals surface area (Å²) in [5, 5.41) is 0. The van der Waals surface area contributed by atoms with Crippen molar-refractivity contribution in [2.24, 2.45) is 128 Å². The van der Waals surface area contributed by atoms with Crippen LogP contribution < -0.4 is 0 Å². The molecule has 0 radical (unpaired) electrons. The van der Waals surface area contributed by atoms with Crippen LogP contribution in [-0.2, 0) is 124 Å². The summed E-state index contributed by atoms with van der Waals surface area (Å²) in [4.78, 5) is 142. The summed E-state index contributed by atoms with van der Waals surface area (Å²) < 4.78 is 76.5. The molecule has 10 saturated heterocycles. The molecule has 0 aromatic heterocycles. The Morgan fingerprint density at radius 1 is 0.367 bits per heavy atom. The summed E-state index contributed by atoms with van der Waals surface area (Å²) in [6, 6.07) is 0. The Kier molecular flexibility index (Phi) is 39.5. The van der Waals surface area contributed by atoms with E-state index in [9.17, 15) is 57.5 Å². The predicted molar refractivity (Wildman–Crippen MR) is 456 cm³/mol. The number of carbonyl (C=O) groups is 12. The van der Waals surface area contributed by atoms with E-state index < -0.39 is 40.0 Å². The van der Waals surface area contributed by atoms with Crippen LogP contribution in [0, 0.1) is 128 Å². The molecule has 26 heteroatoms. The monoisotopic (exact) mass is 1710 g/mol. The van der Waals surface area contributed by atoms with Crippen molar-refractivity contribution in [2.45, 2.75) is 388 Å². The number of cyclic esters (lactones) is 2. The highest BCUT2D eigenvalue weighted by atomic mass is 16.7. The third kappa shape index (κ3) is 19.8. The minimum Gasteiger partial charge on any atom is -0.465 e. The Labute approximate surface area is 721 Å². The predicted octanol–water partition coefficient (Wildman–Crippen LogP) is 17.1. The quantitative estimate of drug-likeness (QED) is 0.0908. The average molecular weight is 1710 g/mol. The Hall–Kier alpha value is -6.44. The molecule has 120 heavy (non-hydrogen) atoms. The van der Waals surface area contributed by atoms with Gasteiger partial charge in [-0.1, -0.05) is 151 Å². The van der Waals surface area contributed by atoms with Crippen LogP contribution in [-0.4, -0.2) is 170 Å². The third-order valence-corrected chi connectivity index (χ3v) is 29.5. The van der Waals surface area contributed by atoms with Gasteiger partial charge in [-0.15, -0.1) is 0 Å². The first-order valence-corrected chi connectivity index (χ1v) is 40.7.